The lowest BCUT2D eigenvalue weighted by molar-refractivity contribution is 0.575. The zero-order valence-electron chi connectivity index (χ0n) is 12.0. The lowest BCUT2D eigenvalue weighted by Crippen LogP contribution is -2.26. The minimum absolute atomic E-state index is 0.0559. The molecule has 0 unspecified atom stereocenters. The van der Waals surface area contributed by atoms with Crippen molar-refractivity contribution in [1.82, 2.24) is 10.0 Å². The van der Waals surface area contributed by atoms with Gasteiger partial charge in [-0.2, -0.15) is 0 Å². The summed E-state index contributed by atoms with van der Waals surface area (Å²) in [5, 5.41) is 3.73. The van der Waals surface area contributed by atoms with Crippen LogP contribution in [0.25, 0.3) is 0 Å². The molecule has 0 heterocycles. The highest BCUT2D eigenvalue weighted by atomic mass is 35.5. The Hall–Kier alpha value is -0.330. The minimum Gasteiger partial charge on any atom is -0.313 e. The second-order valence-electron chi connectivity index (χ2n) is 5.29. The van der Waals surface area contributed by atoms with Crippen molar-refractivity contribution in [1.29, 1.82) is 0 Å². The molecule has 1 aliphatic rings. The molecule has 4 nitrogen and oxygen atoms in total. The van der Waals surface area contributed by atoms with Gasteiger partial charge in [-0.05, 0) is 36.6 Å². The summed E-state index contributed by atoms with van der Waals surface area (Å²) in [7, 11) is -3.62. The van der Waals surface area contributed by atoms with Crippen molar-refractivity contribution >= 4 is 33.2 Å². The maximum atomic E-state index is 12.4. The maximum Gasteiger partial charge on any atom is 0.242 e. The molecule has 1 aromatic carbocycles. The van der Waals surface area contributed by atoms with Crippen LogP contribution in [0.15, 0.2) is 17.0 Å². The Labute approximate surface area is 136 Å². The van der Waals surface area contributed by atoms with E-state index in [4.69, 9.17) is 23.2 Å². The molecular weight excluding hydrogens is 331 g/mol. The van der Waals surface area contributed by atoms with Crippen LogP contribution in [0.3, 0.4) is 0 Å². The number of halogens is 2. The van der Waals surface area contributed by atoms with E-state index in [1.54, 1.807) is 6.07 Å². The summed E-state index contributed by atoms with van der Waals surface area (Å²) in [5.74, 6) is 0.673. The van der Waals surface area contributed by atoms with Crippen molar-refractivity contribution in [2.45, 2.75) is 37.6 Å². The fourth-order valence-electron chi connectivity index (χ4n) is 2.08. The van der Waals surface area contributed by atoms with Crippen LogP contribution in [0.1, 0.15) is 31.7 Å². The molecule has 0 aliphatic heterocycles. The SMILES string of the molecule is CCNCc1cc(Cl)cc(S(=O)(=O)NCCC2CC2)c1Cl. The zero-order valence-corrected chi connectivity index (χ0v) is 14.3. The van der Waals surface area contributed by atoms with Gasteiger partial charge in [0.05, 0.1) is 5.02 Å². The molecule has 1 saturated carbocycles. The topological polar surface area (TPSA) is 58.2 Å². The molecule has 1 fully saturated rings. The van der Waals surface area contributed by atoms with Crippen LogP contribution < -0.4 is 10.0 Å². The molecular formula is C14H20Cl2N2O2S. The van der Waals surface area contributed by atoms with Crippen LogP contribution in [-0.4, -0.2) is 21.5 Å². The first-order valence-electron chi connectivity index (χ1n) is 7.12. The summed E-state index contributed by atoms with van der Waals surface area (Å²) in [6, 6.07) is 3.09. The lowest BCUT2D eigenvalue weighted by Gasteiger charge is -2.12. The summed E-state index contributed by atoms with van der Waals surface area (Å²) in [6.07, 6.45) is 3.28. The van der Waals surface area contributed by atoms with Crippen molar-refractivity contribution in [3.63, 3.8) is 0 Å². The van der Waals surface area contributed by atoms with E-state index in [0.717, 1.165) is 13.0 Å². The quantitative estimate of drug-likeness (QED) is 0.756. The van der Waals surface area contributed by atoms with Gasteiger partial charge in [0.2, 0.25) is 10.0 Å². The predicted molar refractivity (Wildman–Crippen MR) is 86.4 cm³/mol. The van der Waals surface area contributed by atoms with Gasteiger partial charge in [-0.15, -0.1) is 0 Å². The fourth-order valence-corrected chi connectivity index (χ4v) is 4.06. The molecule has 1 aromatic rings. The summed E-state index contributed by atoms with van der Waals surface area (Å²) < 4.78 is 27.3. The van der Waals surface area contributed by atoms with Crippen molar-refractivity contribution < 1.29 is 8.42 Å². The Balaban J connectivity index is 2.17. The number of hydrogen-bond donors (Lipinski definition) is 2. The van der Waals surface area contributed by atoms with E-state index in [1.807, 2.05) is 6.92 Å². The number of hydrogen-bond acceptors (Lipinski definition) is 3. The minimum atomic E-state index is -3.62. The molecule has 0 atom stereocenters. The van der Waals surface area contributed by atoms with Crippen molar-refractivity contribution in [2.75, 3.05) is 13.1 Å². The molecule has 2 N–H and O–H groups in total. The molecule has 0 bridgehead atoms. The third-order valence-electron chi connectivity index (χ3n) is 3.48. The van der Waals surface area contributed by atoms with Gasteiger partial charge in [-0.3, -0.25) is 0 Å². The van der Waals surface area contributed by atoms with Gasteiger partial charge < -0.3 is 5.32 Å². The highest BCUT2D eigenvalue weighted by Crippen LogP contribution is 2.32. The van der Waals surface area contributed by atoms with E-state index in [-0.39, 0.29) is 9.92 Å². The largest absolute Gasteiger partial charge is 0.313 e. The standard InChI is InChI=1S/C14H20Cl2N2O2S/c1-2-17-9-11-7-12(15)8-13(14(11)16)21(19,20)18-6-5-10-3-4-10/h7-8,10,17-18H,2-6,9H2,1H3. The molecule has 0 saturated heterocycles. The number of sulfonamides is 1. The average Bonchev–Trinajstić information content (AvgIpc) is 3.23. The highest BCUT2D eigenvalue weighted by molar-refractivity contribution is 7.89. The van der Waals surface area contributed by atoms with Crippen LogP contribution in [0.2, 0.25) is 10.0 Å². The van der Waals surface area contributed by atoms with Gasteiger partial charge in [-0.25, -0.2) is 13.1 Å². The fraction of sp³-hybridized carbons (Fsp3) is 0.571. The van der Waals surface area contributed by atoms with Crippen molar-refractivity contribution in [3.05, 3.63) is 27.7 Å². The molecule has 21 heavy (non-hydrogen) atoms. The highest BCUT2D eigenvalue weighted by Gasteiger charge is 2.24. The Morgan fingerprint density at radius 1 is 1.29 bits per heavy atom. The molecule has 2 rings (SSSR count). The van der Waals surface area contributed by atoms with E-state index in [0.29, 0.717) is 29.6 Å². The third-order valence-corrected chi connectivity index (χ3v) is 5.74. The molecule has 0 spiro atoms. The second kappa shape index (κ2) is 7.29. The summed E-state index contributed by atoms with van der Waals surface area (Å²) in [5.41, 5.74) is 0.689. The van der Waals surface area contributed by atoms with Gasteiger partial charge >= 0.3 is 0 Å². The molecule has 1 aliphatic carbocycles. The van der Waals surface area contributed by atoms with Gasteiger partial charge in [-0.1, -0.05) is 43.0 Å². The third kappa shape index (κ3) is 4.83. The lowest BCUT2D eigenvalue weighted by atomic mass is 10.2. The molecule has 0 radical (unpaired) electrons. The Morgan fingerprint density at radius 2 is 2.00 bits per heavy atom. The Kier molecular flexibility index (Phi) is 5.91. The molecule has 7 heteroatoms. The van der Waals surface area contributed by atoms with Gasteiger partial charge in [0.15, 0.2) is 0 Å². The monoisotopic (exact) mass is 350 g/mol. The maximum absolute atomic E-state index is 12.4. The number of rotatable bonds is 8. The summed E-state index contributed by atoms with van der Waals surface area (Å²) in [4.78, 5) is 0.0559. The molecule has 118 valence electrons. The number of benzene rings is 1. The van der Waals surface area contributed by atoms with E-state index in [2.05, 4.69) is 10.0 Å². The smallest absolute Gasteiger partial charge is 0.242 e. The van der Waals surface area contributed by atoms with Crippen LogP contribution in [-0.2, 0) is 16.6 Å². The summed E-state index contributed by atoms with van der Waals surface area (Å²) in [6.45, 7) is 3.67. The van der Waals surface area contributed by atoms with Crippen molar-refractivity contribution in [3.8, 4) is 0 Å². The van der Waals surface area contributed by atoms with Crippen LogP contribution in [0.4, 0.5) is 0 Å². The predicted octanol–water partition coefficient (Wildman–Crippen LogP) is 3.18. The second-order valence-corrected chi connectivity index (χ2v) is 7.84. The van der Waals surface area contributed by atoms with Gasteiger partial charge in [0.1, 0.15) is 4.90 Å². The van der Waals surface area contributed by atoms with Gasteiger partial charge in [0.25, 0.3) is 0 Å². The average molecular weight is 351 g/mol. The first kappa shape index (κ1) is 17.0. The van der Waals surface area contributed by atoms with Crippen LogP contribution in [0.5, 0.6) is 0 Å². The first-order valence-corrected chi connectivity index (χ1v) is 9.36. The van der Waals surface area contributed by atoms with E-state index >= 15 is 0 Å². The summed E-state index contributed by atoms with van der Waals surface area (Å²) >= 11 is 12.3. The van der Waals surface area contributed by atoms with Gasteiger partial charge in [0, 0.05) is 18.1 Å². The zero-order chi connectivity index (χ0) is 15.5. The first-order chi connectivity index (χ1) is 9.94. The van der Waals surface area contributed by atoms with E-state index < -0.39 is 10.0 Å². The van der Waals surface area contributed by atoms with Crippen molar-refractivity contribution in [2.24, 2.45) is 5.92 Å². The Morgan fingerprint density at radius 3 is 2.62 bits per heavy atom. The molecule has 0 aromatic heterocycles. The molecule has 0 amide bonds. The number of nitrogens with one attached hydrogen (secondary N) is 2. The van der Waals surface area contributed by atoms with E-state index in [1.165, 1.54) is 18.9 Å². The normalized spacial score (nSPS) is 15.4. The van der Waals surface area contributed by atoms with Crippen LogP contribution in [0, 0.1) is 5.92 Å². The Bertz CT molecular complexity index is 601. The van der Waals surface area contributed by atoms with E-state index in [9.17, 15) is 8.42 Å². The van der Waals surface area contributed by atoms with Crippen LogP contribution >= 0.6 is 23.2 Å².